The van der Waals surface area contributed by atoms with Crippen molar-refractivity contribution >= 4 is 11.8 Å². The normalized spacial score (nSPS) is 28.0. The van der Waals surface area contributed by atoms with Crippen LogP contribution in [0.2, 0.25) is 0 Å². The SMILES string of the molecule is CC(C)OCOC(=O)[C@H]1CC[C@@](C)(C(=O)C(C)(C)O)C1(C)C. The third-order valence-electron chi connectivity index (χ3n) is 5.17. The van der Waals surface area contributed by atoms with Gasteiger partial charge in [0, 0.05) is 5.41 Å². The summed E-state index contributed by atoms with van der Waals surface area (Å²) in [6.45, 7) is 12.3. The summed E-state index contributed by atoms with van der Waals surface area (Å²) in [6, 6.07) is 0. The van der Waals surface area contributed by atoms with Crippen molar-refractivity contribution in [1.29, 1.82) is 0 Å². The molecule has 0 unspecified atom stereocenters. The van der Waals surface area contributed by atoms with Gasteiger partial charge in [0.1, 0.15) is 5.60 Å². The zero-order chi connectivity index (χ0) is 17.3. The van der Waals surface area contributed by atoms with Gasteiger partial charge in [0.05, 0.1) is 12.0 Å². The highest BCUT2D eigenvalue weighted by Gasteiger charge is 2.60. The fourth-order valence-corrected chi connectivity index (χ4v) is 3.32. The molecular formula is C17H30O5. The smallest absolute Gasteiger partial charge is 0.311 e. The number of rotatable bonds is 6. The van der Waals surface area contributed by atoms with E-state index in [-0.39, 0.29) is 30.6 Å². The van der Waals surface area contributed by atoms with E-state index in [1.807, 2.05) is 34.6 Å². The van der Waals surface area contributed by atoms with Crippen LogP contribution in [-0.4, -0.2) is 35.4 Å². The molecule has 0 bridgehead atoms. The minimum absolute atomic E-state index is 0.00794. The van der Waals surface area contributed by atoms with Gasteiger partial charge in [-0.15, -0.1) is 0 Å². The topological polar surface area (TPSA) is 72.8 Å². The van der Waals surface area contributed by atoms with Gasteiger partial charge in [-0.25, -0.2) is 0 Å². The van der Waals surface area contributed by atoms with E-state index in [1.165, 1.54) is 13.8 Å². The van der Waals surface area contributed by atoms with Crippen LogP contribution >= 0.6 is 0 Å². The van der Waals surface area contributed by atoms with Crippen molar-refractivity contribution in [2.24, 2.45) is 16.7 Å². The molecule has 22 heavy (non-hydrogen) atoms. The minimum atomic E-state index is -1.41. The van der Waals surface area contributed by atoms with Crippen LogP contribution < -0.4 is 0 Å². The Labute approximate surface area is 133 Å². The van der Waals surface area contributed by atoms with Crippen LogP contribution in [0.25, 0.3) is 0 Å². The van der Waals surface area contributed by atoms with Gasteiger partial charge in [-0.05, 0) is 46.0 Å². The maximum absolute atomic E-state index is 12.6. The molecule has 0 aromatic heterocycles. The van der Waals surface area contributed by atoms with Crippen LogP contribution in [-0.2, 0) is 19.1 Å². The van der Waals surface area contributed by atoms with E-state index in [0.29, 0.717) is 12.8 Å². The average Bonchev–Trinajstić information content (AvgIpc) is 2.59. The molecule has 1 N–H and O–H groups in total. The largest absolute Gasteiger partial charge is 0.438 e. The lowest BCUT2D eigenvalue weighted by atomic mass is 9.61. The molecule has 0 aliphatic heterocycles. The lowest BCUT2D eigenvalue weighted by Crippen LogP contribution is -2.50. The molecule has 0 radical (unpaired) electrons. The molecule has 1 rings (SSSR count). The van der Waals surface area contributed by atoms with Gasteiger partial charge in [-0.3, -0.25) is 9.59 Å². The number of hydrogen-bond donors (Lipinski definition) is 1. The first-order valence-corrected chi connectivity index (χ1v) is 7.89. The molecule has 1 fully saturated rings. The van der Waals surface area contributed by atoms with Gasteiger partial charge in [0.25, 0.3) is 0 Å². The fraction of sp³-hybridized carbons (Fsp3) is 0.882. The highest BCUT2D eigenvalue weighted by molar-refractivity contribution is 5.93. The molecule has 5 heteroatoms. The molecule has 2 atom stereocenters. The number of aliphatic hydroxyl groups is 1. The molecule has 128 valence electrons. The predicted molar refractivity (Wildman–Crippen MR) is 83.1 cm³/mol. The van der Waals surface area contributed by atoms with Crippen molar-refractivity contribution in [3.05, 3.63) is 0 Å². The van der Waals surface area contributed by atoms with E-state index < -0.39 is 16.4 Å². The quantitative estimate of drug-likeness (QED) is 0.603. The second-order valence-corrected chi connectivity index (χ2v) is 7.83. The summed E-state index contributed by atoms with van der Waals surface area (Å²) >= 11 is 0. The van der Waals surface area contributed by atoms with Crippen LogP contribution in [0.3, 0.4) is 0 Å². The Kier molecular flexibility index (Phi) is 5.46. The van der Waals surface area contributed by atoms with E-state index in [2.05, 4.69) is 0 Å². The summed E-state index contributed by atoms with van der Waals surface area (Å²) in [6.07, 6.45) is 1.13. The van der Waals surface area contributed by atoms with Crippen molar-refractivity contribution in [3.63, 3.8) is 0 Å². The van der Waals surface area contributed by atoms with Crippen molar-refractivity contribution in [1.82, 2.24) is 0 Å². The summed E-state index contributed by atoms with van der Waals surface area (Å²) < 4.78 is 10.4. The number of ether oxygens (including phenoxy) is 2. The lowest BCUT2D eigenvalue weighted by Gasteiger charge is -2.42. The van der Waals surface area contributed by atoms with Crippen LogP contribution in [0.15, 0.2) is 0 Å². The zero-order valence-electron chi connectivity index (χ0n) is 14.9. The van der Waals surface area contributed by atoms with Crippen molar-refractivity contribution < 1.29 is 24.2 Å². The maximum Gasteiger partial charge on any atom is 0.311 e. The highest BCUT2D eigenvalue weighted by atomic mass is 16.7. The average molecular weight is 314 g/mol. The van der Waals surface area contributed by atoms with Gasteiger partial charge in [0.2, 0.25) is 0 Å². The molecule has 5 nitrogen and oxygen atoms in total. The zero-order valence-corrected chi connectivity index (χ0v) is 14.9. The highest BCUT2D eigenvalue weighted by Crippen LogP contribution is 2.57. The summed E-state index contributed by atoms with van der Waals surface area (Å²) in [5.74, 6) is -0.934. The summed E-state index contributed by atoms with van der Waals surface area (Å²) in [5, 5.41) is 10.1. The first kappa shape index (κ1) is 19.1. The maximum atomic E-state index is 12.6. The third-order valence-corrected chi connectivity index (χ3v) is 5.17. The summed E-state index contributed by atoms with van der Waals surface area (Å²) in [7, 11) is 0. The first-order valence-electron chi connectivity index (χ1n) is 7.89. The molecule has 1 aliphatic carbocycles. The number of carbonyl (C=O) groups excluding carboxylic acids is 2. The van der Waals surface area contributed by atoms with Gasteiger partial charge < -0.3 is 14.6 Å². The van der Waals surface area contributed by atoms with E-state index in [0.717, 1.165) is 0 Å². The van der Waals surface area contributed by atoms with E-state index in [9.17, 15) is 14.7 Å². The molecule has 1 saturated carbocycles. The Morgan fingerprint density at radius 2 is 1.82 bits per heavy atom. The molecule has 0 aromatic carbocycles. The number of hydrogen-bond acceptors (Lipinski definition) is 5. The molecule has 0 aromatic rings. The Bertz CT molecular complexity index is 433. The molecule has 0 saturated heterocycles. The number of esters is 1. The lowest BCUT2D eigenvalue weighted by molar-refractivity contribution is -0.170. The van der Waals surface area contributed by atoms with Crippen LogP contribution in [0.5, 0.6) is 0 Å². The molecule has 0 spiro atoms. The van der Waals surface area contributed by atoms with Crippen LogP contribution in [0, 0.1) is 16.7 Å². The van der Waals surface area contributed by atoms with Crippen LogP contribution in [0.4, 0.5) is 0 Å². The standard InChI is InChI=1S/C17H30O5/c1-11(2)21-10-22-13(18)12-8-9-17(7,15(12,3)4)14(19)16(5,6)20/h11-12,20H,8-10H2,1-7H3/t12-,17+/m1/s1. The number of Topliss-reactive ketones (excluding diaryl/α,β-unsaturated/α-hetero) is 1. The Hall–Kier alpha value is -0.940. The Balaban J connectivity index is 2.87. The van der Waals surface area contributed by atoms with E-state index in [1.54, 1.807) is 0 Å². The van der Waals surface area contributed by atoms with Crippen LogP contribution in [0.1, 0.15) is 61.3 Å². The Morgan fingerprint density at radius 1 is 1.27 bits per heavy atom. The minimum Gasteiger partial charge on any atom is -0.438 e. The third kappa shape index (κ3) is 3.51. The Morgan fingerprint density at radius 3 is 2.27 bits per heavy atom. The number of ketones is 1. The second-order valence-electron chi connectivity index (χ2n) is 7.83. The molecule has 0 heterocycles. The second kappa shape index (κ2) is 6.28. The van der Waals surface area contributed by atoms with Crippen molar-refractivity contribution in [3.8, 4) is 0 Å². The van der Waals surface area contributed by atoms with Gasteiger partial charge in [0.15, 0.2) is 12.6 Å². The molecule has 0 amide bonds. The molecular weight excluding hydrogens is 284 g/mol. The van der Waals surface area contributed by atoms with Gasteiger partial charge in [-0.2, -0.15) is 0 Å². The van der Waals surface area contributed by atoms with Crippen molar-refractivity contribution in [2.45, 2.75) is 73.0 Å². The van der Waals surface area contributed by atoms with Crippen molar-refractivity contribution in [2.75, 3.05) is 6.79 Å². The van der Waals surface area contributed by atoms with Gasteiger partial charge in [-0.1, -0.05) is 20.8 Å². The van der Waals surface area contributed by atoms with Gasteiger partial charge >= 0.3 is 5.97 Å². The van der Waals surface area contributed by atoms with E-state index in [4.69, 9.17) is 9.47 Å². The summed E-state index contributed by atoms with van der Waals surface area (Å²) in [5.41, 5.74) is -2.75. The summed E-state index contributed by atoms with van der Waals surface area (Å²) in [4.78, 5) is 25.0. The predicted octanol–water partition coefficient (Wildman–Crippen LogP) is 2.69. The first-order chi connectivity index (χ1) is 9.84. The van der Waals surface area contributed by atoms with E-state index >= 15 is 0 Å². The fourth-order valence-electron chi connectivity index (χ4n) is 3.32. The monoisotopic (exact) mass is 314 g/mol. The number of carbonyl (C=O) groups is 2. The molecule has 1 aliphatic rings.